The van der Waals surface area contributed by atoms with Crippen molar-refractivity contribution in [2.24, 2.45) is 0 Å². The third-order valence-corrected chi connectivity index (χ3v) is 6.06. The van der Waals surface area contributed by atoms with Crippen LogP contribution in [0.15, 0.2) is 35.4 Å². The molecule has 0 aliphatic carbocycles. The Hall–Kier alpha value is -1.57. The van der Waals surface area contributed by atoms with Gasteiger partial charge < -0.3 is 10.1 Å². The lowest BCUT2D eigenvalue weighted by atomic mass is 9.97. The van der Waals surface area contributed by atoms with Gasteiger partial charge in [-0.2, -0.15) is 0 Å². The summed E-state index contributed by atoms with van der Waals surface area (Å²) in [6.07, 6.45) is 5.59. The minimum atomic E-state index is -0.577. The van der Waals surface area contributed by atoms with E-state index in [1.807, 2.05) is 36.7 Å². The highest BCUT2D eigenvalue weighted by Gasteiger charge is 2.20. The quantitative estimate of drug-likeness (QED) is 0.751. The molecule has 1 aliphatic heterocycles. The van der Waals surface area contributed by atoms with E-state index >= 15 is 0 Å². The minimum absolute atomic E-state index is 0.180. The van der Waals surface area contributed by atoms with Crippen molar-refractivity contribution >= 4 is 34.1 Å². The highest BCUT2D eigenvalue weighted by Crippen LogP contribution is 2.31. The smallest absolute Gasteiger partial charge is 0.266 e. The third-order valence-electron chi connectivity index (χ3n) is 4.24. The van der Waals surface area contributed by atoms with Crippen LogP contribution in [0.2, 0.25) is 0 Å². The molecule has 1 aliphatic rings. The number of amides is 1. The molecule has 1 saturated heterocycles. The fraction of sp³-hybridized carbons (Fsp3) is 0.444. The molecule has 1 aromatic heterocycles. The fourth-order valence-electron chi connectivity index (χ4n) is 2.76. The normalized spacial score (nSPS) is 16.4. The van der Waals surface area contributed by atoms with E-state index < -0.39 is 6.10 Å². The van der Waals surface area contributed by atoms with E-state index in [-0.39, 0.29) is 5.91 Å². The van der Waals surface area contributed by atoms with Crippen LogP contribution < -0.4 is 15.4 Å². The van der Waals surface area contributed by atoms with Crippen molar-refractivity contribution < 1.29 is 9.53 Å². The number of carbonyl (C=O) groups is 1. The van der Waals surface area contributed by atoms with Crippen molar-refractivity contribution in [3.05, 3.63) is 35.3 Å². The Balaban J connectivity index is 1.54. The second-order valence-corrected chi connectivity index (χ2v) is 7.96. The fourth-order valence-corrected chi connectivity index (χ4v) is 4.15. The number of hydrogen-bond acceptors (Lipinski definition) is 6. The molecule has 25 heavy (non-hydrogen) atoms. The van der Waals surface area contributed by atoms with Gasteiger partial charge in [-0.15, -0.1) is 23.1 Å². The van der Waals surface area contributed by atoms with E-state index in [9.17, 15) is 4.79 Å². The number of rotatable bonds is 6. The lowest BCUT2D eigenvalue weighted by molar-refractivity contribution is -0.122. The molecule has 5 nitrogen and oxygen atoms in total. The molecule has 0 bridgehead atoms. The van der Waals surface area contributed by atoms with Gasteiger partial charge in [-0.1, -0.05) is 0 Å². The van der Waals surface area contributed by atoms with E-state index in [1.54, 1.807) is 30.0 Å². The molecule has 3 rings (SSSR count). The average Bonchev–Trinajstić information content (AvgIpc) is 3.11. The van der Waals surface area contributed by atoms with Crippen LogP contribution in [0.25, 0.3) is 0 Å². The average molecular weight is 378 g/mol. The number of nitrogens with one attached hydrogen (secondary N) is 2. The predicted octanol–water partition coefficient (Wildman–Crippen LogP) is 3.74. The van der Waals surface area contributed by atoms with E-state index in [4.69, 9.17) is 4.74 Å². The summed E-state index contributed by atoms with van der Waals surface area (Å²) in [5.74, 6) is 1.06. The van der Waals surface area contributed by atoms with E-state index in [1.165, 1.54) is 4.88 Å². The number of benzene rings is 1. The molecule has 1 aromatic carbocycles. The van der Waals surface area contributed by atoms with Crippen molar-refractivity contribution in [2.75, 3.05) is 24.7 Å². The Morgan fingerprint density at radius 2 is 2.08 bits per heavy atom. The third kappa shape index (κ3) is 4.96. The van der Waals surface area contributed by atoms with Gasteiger partial charge in [0.2, 0.25) is 0 Å². The monoisotopic (exact) mass is 377 g/mol. The number of nitrogens with zero attached hydrogens (tertiary/aromatic N) is 1. The van der Waals surface area contributed by atoms with Gasteiger partial charge in [0.1, 0.15) is 5.75 Å². The van der Waals surface area contributed by atoms with Gasteiger partial charge in [0.25, 0.3) is 5.91 Å². The Morgan fingerprint density at radius 3 is 2.76 bits per heavy atom. The molecule has 1 atom stereocenters. The lowest BCUT2D eigenvalue weighted by Gasteiger charge is -2.20. The van der Waals surface area contributed by atoms with E-state index in [2.05, 4.69) is 15.6 Å². The van der Waals surface area contributed by atoms with Gasteiger partial charge in [0.05, 0.1) is 0 Å². The van der Waals surface area contributed by atoms with Gasteiger partial charge in [0.15, 0.2) is 11.2 Å². The van der Waals surface area contributed by atoms with Crippen molar-refractivity contribution in [3.8, 4) is 5.75 Å². The summed E-state index contributed by atoms with van der Waals surface area (Å²) in [4.78, 5) is 19.1. The van der Waals surface area contributed by atoms with E-state index in [0.717, 1.165) is 30.8 Å². The highest BCUT2D eigenvalue weighted by atomic mass is 32.2. The van der Waals surface area contributed by atoms with Crippen molar-refractivity contribution in [2.45, 2.75) is 36.7 Å². The second kappa shape index (κ2) is 8.69. The molecule has 1 fully saturated rings. The molecule has 0 saturated carbocycles. The van der Waals surface area contributed by atoms with Gasteiger partial charge in [0, 0.05) is 16.0 Å². The first-order valence-corrected chi connectivity index (χ1v) is 10.5. The van der Waals surface area contributed by atoms with Crippen LogP contribution in [0.4, 0.5) is 5.13 Å². The molecule has 1 unspecified atom stereocenters. The van der Waals surface area contributed by atoms with Crippen LogP contribution in [0.3, 0.4) is 0 Å². The second-order valence-electron chi connectivity index (χ2n) is 6.02. The maximum absolute atomic E-state index is 12.3. The summed E-state index contributed by atoms with van der Waals surface area (Å²) in [5, 5.41) is 6.88. The Labute approximate surface area is 156 Å². The summed E-state index contributed by atoms with van der Waals surface area (Å²) >= 11 is 3.24. The maximum Gasteiger partial charge on any atom is 0.266 e. The van der Waals surface area contributed by atoms with Crippen LogP contribution in [0.1, 0.15) is 30.6 Å². The first kappa shape index (κ1) is 18.2. The van der Waals surface area contributed by atoms with E-state index in [0.29, 0.717) is 16.8 Å². The summed E-state index contributed by atoms with van der Waals surface area (Å²) in [7, 11) is 0. The lowest BCUT2D eigenvalue weighted by Crippen LogP contribution is -2.30. The van der Waals surface area contributed by atoms with Crippen LogP contribution in [0, 0.1) is 0 Å². The van der Waals surface area contributed by atoms with Gasteiger partial charge in [-0.25, -0.2) is 4.98 Å². The largest absolute Gasteiger partial charge is 0.481 e. The molecular weight excluding hydrogens is 354 g/mol. The molecule has 7 heteroatoms. The zero-order valence-corrected chi connectivity index (χ0v) is 16.1. The van der Waals surface area contributed by atoms with Crippen molar-refractivity contribution in [3.63, 3.8) is 0 Å². The summed E-state index contributed by atoms with van der Waals surface area (Å²) in [6.45, 7) is 3.84. The molecule has 0 radical (unpaired) electrons. The zero-order chi connectivity index (χ0) is 17.6. The Bertz CT molecular complexity index is 697. The molecular formula is C18H23N3O2S2. The first-order valence-electron chi connectivity index (χ1n) is 8.43. The minimum Gasteiger partial charge on any atom is -0.481 e. The highest BCUT2D eigenvalue weighted by molar-refractivity contribution is 7.98. The SMILES string of the molecule is CSc1ccc(OC(C)C(=O)Nc2ncc(C3CCNCC3)s2)cc1. The number of anilines is 1. The number of ether oxygens (including phenoxy) is 1. The molecule has 2 N–H and O–H groups in total. The van der Waals surface area contributed by atoms with Crippen molar-refractivity contribution in [1.82, 2.24) is 10.3 Å². The van der Waals surface area contributed by atoms with Crippen LogP contribution in [0.5, 0.6) is 5.75 Å². The number of thioether (sulfide) groups is 1. The molecule has 2 aromatic rings. The predicted molar refractivity (Wildman–Crippen MR) is 104 cm³/mol. The molecule has 0 spiro atoms. The summed E-state index contributed by atoms with van der Waals surface area (Å²) < 4.78 is 5.72. The topological polar surface area (TPSA) is 63.2 Å². The number of carbonyl (C=O) groups excluding carboxylic acids is 1. The molecule has 2 heterocycles. The zero-order valence-electron chi connectivity index (χ0n) is 14.5. The van der Waals surface area contributed by atoms with Crippen molar-refractivity contribution in [1.29, 1.82) is 0 Å². The van der Waals surface area contributed by atoms with Gasteiger partial charge in [-0.05, 0) is 69.3 Å². The number of piperidine rings is 1. The van der Waals surface area contributed by atoms with Crippen LogP contribution >= 0.6 is 23.1 Å². The Morgan fingerprint density at radius 1 is 1.36 bits per heavy atom. The van der Waals surface area contributed by atoms with Crippen LogP contribution in [-0.2, 0) is 4.79 Å². The number of aromatic nitrogens is 1. The number of thiazole rings is 1. The van der Waals surface area contributed by atoms with Crippen LogP contribution in [-0.4, -0.2) is 36.3 Å². The summed E-state index contributed by atoms with van der Waals surface area (Å²) in [5.41, 5.74) is 0. The maximum atomic E-state index is 12.3. The standard InChI is InChI=1S/C18H23N3O2S2/c1-12(23-14-3-5-15(24-2)6-4-14)17(22)21-18-20-11-16(25-18)13-7-9-19-10-8-13/h3-6,11-13,19H,7-10H2,1-2H3,(H,20,21,22). The van der Waals surface area contributed by atoms with Gasteiger partial charge in [-0.3, -0.25) is 10.1 Å². The van der Waals surface area contributed by atoms with Gasteiger partial charge >= 0.3 is 0 Å². The molecule has 1 amide bonds. The molecule has 134 valence electrons. The number of hydrogen-bond donors (Lipinski definition) is 2. The first-order chi connectivity index (χ1) is 12.2. The Kier molecular flexibility index (Phi) is 6.34. The summed E-state index contributed by atoms with van der Waals surface area (Å²) in [6, 6.07) is 7.73.